The van der Waals surface area contributed by atoms with Crippen molar-refractivity contribution in [2.24, 2.45) is 7.05 Å². The van der Waals surface area contributed by atoms with Gasteiger partial charge in [0, 0.05) is 19.7 Å². The highest BCUT2D eigenvalue weighted by Crippen LogP contribution is 2.29. The second kappa shape index (κ2) is 5.24. The van der Waals surface area contributed by atoms with Crippen LogP contribution < -0.4 is 10.1 Å². The van der Waals surface area contributed by atoms with Gasteiger partial charge in [-0.3, -0.25) is 9.78 Å². The number of hydrogen-bond donors (Lipinski definition) is 1. The van der Waals surface area contributed by atoms with Crippen LogP contribution in [-0.4, -0.2) is 27.0 Å². The van der Waals surface area contributed by atoms with E-state index in [9.17, 15) is 4.79 Å². The predicted molar refractivity (Wildman–Crippen MR) is 75.5 cm³/mol. The predicted octanol–water partition coefficient (Wildman–Crippen LogP) is 1.83. The monoisotopic (exact) mass is 336 g/mol. The molecule has 0 saturated carbocycles. The molecule has 2 aromatic heterocycles. The number of pyridine rings is 1. The summed E-state index contributed by atoms with van der Waals surface area (Å²) in [7, 11) is 1.78. The van der Waals surface area contributed by atoms with Crippen LogP contribution in [0.4, 0.5) is 0 Å². The Morgan fingerprint density at radius 2 is 2.40 bits per heavy atom. The number of imidazole rings is 1. The third kappa shape index (κ3) is 2.29. The van der Waals surface area contributed by atoms with Crippen molar-refractivity contribution in [1.82, 2.24) is 19.9 Å². The van der Waals surface area contributed by atoms with E-state index in [0.717, 1.165) is 11.4 Å². The van der Waals surface area contributed by atoms with E-state index >= 15 is 0 Å². The van der Waals surface area contributed by atoms with E-state index in [4.69, 9.17) is 4.74 Å². The molecular weight excluding hydrogens is 324 g/mol. The number of amides is 1. The van der Waals surface area contributed by atoms with Crippen LogP contribution in [-0.2, 0) is 7.05 Å². The molecule has 7 heteroatoms. The minimum atomic E-state index is -0.172. The Morgan fingerprint density at radius 1 is 1.55 bits per heavy atom. The SMILES string of the molecule is Cn1c(C(=O)NC2CCOc3cccnc32)cnc1Br. The van der Waals surface area contributed by atoms with Crippen molar-refractivity contribution in [3.8, 4) is 5.75 Å². The van der Waals surface area contributed by atoms with Crippen LogP contribution in [0.1, 0.15) is 28.6 Å². The van der Waals surface area contributed by atoms with Crippen molar-refractivity contribution in [1.29, 1.82) is 0 Å². The molecule has 1 aliphatic heterocycles. The van der Waals surface area contributed by atoms with E-state index < -0.39 is 0 Å². The molecule has 0 fully saturated rings. The summed E-state index contributed by atoms with van der Waals surface area (Å²) >= 11 is 3.27. The third-order valence-electron chi connectivity index (χ3n) is 3.26. The second-order valence-electron chi connectivity index (χ2n) is 4.52. The summed E-state index contributed by atoms with van der Waals surface area (Å²) in [5.41, 5.74) is 1.27. The fraction of sp³-hybridized carbons (Fsp3) is 0.308. The Bertz CT molecular complexity index is 656. The lowest BCUT2D eigenvalue weighted by Gasteiger charge is -2.25. The molecule has 0 radical (unpaired) electrons. The minimum absolute atomic E-state index is 0.138. The lowest BCUT2D eigenvalue weighted by atomic mass is 10.1. The summed E-state index contributed by atoms with van der Waals surface area (Å²) < 4.78 is 7.84. The van der Waals surface area contributed by atoms with Gasteiger partial charge in [-0.05, 0) is 28.1 Å². The Morgan fingerprint density at radius 3 is 3.15 bits per heavy atom. The summed E-state index contributed by atoms with van der Waals surface area (Å²) in [6, 6.07) is 3.55. The number of nitrogens with zero attached hydrogens (tertiary/aromatic N) is 3. The molecule has 1 atom stereocenters. The normalized spacial score (nSPS) is 17.2. The Hall–Kier alpha value is -1.89. The molecule has 0 saturated heterocycles. The van der Waals surface area contributed by atoms with Crippen molar-refractivity contribution < 1.29 is 9.53 Å². The Labute approximate surface area is 124 Å². The maximum Gasteiger partial charge on any atom is 0.270 e. The topological polar surface area (TPSA) is 69.0 Å². The van der Waals surface area contributed by atoms with Crippen molar-refractivity contribution in [2.45, 2.75) is 12.5 Å². The highest BCUT2D eigenvalue weighted by molar-refractivity contribution is 9.10. The van der Waals surface area contributed by atoms with Gasteiger partial charge in [0.25, 0.3) is 5.91 Å². The van der Waals surface area contributed by atoms with Crippen molar-refractivity contribution >= 4 is 21.8 Å². The van der Waals surface area contributed by atoms with Crippen molar-refractivity contribution in [3.63, 3.8) is 0 Å². The van der Waals surface area contributed by atoms with Gasteiger partial charge in [-0.25, -0.2) is 4.98 Å². The largest absolute Gasteiger partial charge is 0.491 e. The first-order valence-corrected chi connectivity index (χ1v) is 7.02. The van der Waals surface area contributed by atoms with E-state index in [0.29, 0.717) is 23.5 Å². The molecule has 1 amide bonds. The fourth-order valence-corrected chi connectivity index (χ4v) is 2.47. The summed E-state index contributed by atoms with van der Waals surface area (Å²) in [6.07, 6.45) is 3.94. The number of fused-ring (bicyclic) bond motifs is 1. The lowest BCUT2D eigenvalue weighted by Crippen LogP contribution is -2.33. The van der Waals surface area contributed by atoms with Crippen LogP contribution in [0.25, 0.3) is 0 Å². The van der Waals surface area contributed by atoms with E-state index in [1.54, 1.807) is 17.8 Å². The van der Waals surface area contributed by atoms with Crippen LogP contribution in [0.15, 0.2) is 29.3 Å². The van der Waals surface area contributed by atoms with Gasteiger partial charge in [0.1, 0.15) is 17.1 Å². The van der Waals surface area contributed by atoms with Gasteiger partial charge >= 0.3 is 0 Å². The zero-order valence-corrected chi connectivity index (χ0v) is 12.4. The summed E-state index contributed by atoms with van der Waals surface area (Å²) in [5.74, 6) is 0.560. The van der Waals surface area contributed by atoms with Gasteiger partial charge in [0.2, 0.25) is 0 Å². The first kappa shape index (κ1) is 13.1. The average Bonchev–Trinajstić information content (AvgIpc) is 2.79. The zero-order chi connectivity index (χ0) is 14.1. The van der Waals surface area contributed by atoms with Crippen molar-refractivity contribution in [2.75, 3.05) is 6.61 Å². The van der Waals surface area contributed by atoms with E-state index in [-0.39, 0.29) is 11.9 Å². The van der Waals surface area contributed by atoms with Crippen LogP contribution in [0.2, 0.25) is 0 Å². The molecule has 3 rings (SSSR count). The lowest BCUT2D eigenvalue weighted by molar-refractivity contribution is 0.0914. The fourth-order valence-electron chi connectivity index (χ4n) is 2.18. The van der Waals surface area contributed by atoms with E-state index in [2.05, 4.69) is 31.2 Å². The number of rotatable bonds is 2. The molecule has 6 nitrogen and oxygen atoms in total. The second-order valence-corrected chi connectivity index (χ2v) is 5.23. The number of carbonyl (C=O) groups is 1. The number of ether oxygens (including phenoxy) is 1. The summed E-state index contributed by atoms with van der Waals surface area (Å²) in [6.45, 7) is 0.568. The number of carbonyl (C=O) groups excluding carboxylic acids is 1. The number of hydrogen-bond acceptors (Lipinski definition) is 4. The maximum atomic E-state index is 12.3. The van der Waals surface area contributed by atoms with Crippen LogP contribution in [0.3, 0.4) is 0 Å². The summed E-state index contributed by atoms with van der Waals surface area (Å²) in [4.78, 5) is 20.7. The molecule has 1 aliphatic rings. The molecule has 0 aliphatic carbocycles. The smallest absolute Gasteiger partial charge is 0.270 e. The number of nitrogens with one attached hydrogen (secondary N) is 1. The third-order valence-corrected chi connectivity index (χ3v) is 4.00. The molecule has 1 unspecified atom stereocenters. The zero-order valence-electron chi connectivity index (χ0n) is 10.8. The average molecular weight is 337 g/mol. The van der Waals surface area contributed by atoms with E-state index in [1.165, 1.54) is 6.20 Å². The molecule has 104 valence electrons. The Kier molecular flexibility index (Phi) is 3.43. The number of aromatic nitrogens is 3. The molecule has 0 aromatic carbocycles. The molecule has 1 N–H and O–H groups in total. The standard InChI is InChI=1S/C13H13BrN4O2/c1-18-9(7-16-13(18)14)12(19)17-8-4-6-20-10-3-2-5-15-11(8)10/h2-3,5,7-8H,4,6H2,1H3,(H,17,19). The Balaban J connectivity index is 1.82. The van der Waals surface area contributed by atoms with Gasteiger partial charge in [-0.15, -0.1) is 0 Å². The summed E-state index contributed by atoms with van der Waals surface area (Å²) in [5, 5.41) is 2.98. The number of halogens is 1. The van der Waals surface area contributed by atoms with Gasteiger partial charge in [-0.1, -0.05) is 0 Å². The van der Waals surface area contributed by atoms with Crippen molar-refractivity contribution in [3.05, 3.63) is 40.6 Å². The molecule has 0 spiro atoms. The first-order chi connectivity index (χ1) is 9.66. The highest BCUT2D eigenvalue weighted by atomic mass is 79.9. The molecular formula is C13H13BrN4O2. The van der Waals surface area contributed by atoms with Gasteiger partial charge < -0.3 is 14.6 Å². The molecule has 0 bridgehead atoms. The van der Waals surface area contributed by atoms with Crippen LogP contribution in [0.5, 0.6) is 5.75 Å². The van der Waals surface area contributed by atoms with Gasteiger partial charge in [0.15, 0.2) is 4.73 Å². The molecule has 3 heterocycles. The minimum Gasteiger partial charge on any atom is -0.491 e. The molecule has 20 heavy (non-hydrogen) atoms. The van der Waals surface area contributed by atoms with Crippen LogP contribution in [0, 0.1) is 0 Å². The molecule has 2 aromatic rings. The first-order valence-electron chi connectivity index (χ1n) is 6.22. The van der Waals surface area contributed by atoms with Crippen LogP contribution >= 0.6 is 15.9 Å². The van der Waals surface area contributed by atoms with E-state index in [1.807, 2.05) is 12.1 Å². The quantitative estimate of drug-likeness (QED) is 0.908. The maximum absolute atomic E-state index is 12.3. The highest BCUT2D eigenvalue weighted by Gasteiger charge is 2.25. The van der Waals surface area contributed by atoms with Gasteiger partial charge in [-0.2, -0.15) is 0 Å². The van der Waals surface area contributed by atoms with Gasteiger partial charge in [0.05, 0.1) is 18.8 Å².